The summed E-state index contributed by atoms with van der Waals surface area (Å²) >= 11 is 0. The highest BCUT2D eigenvalue weighted by atomic mass is 15.2. The summed E-state index contributed by atoms with van der Waals surface area (Å²) in [6, 6.07) is 1.92. The van der Waals surface area contributed by atoms with E-state index in [1.807, 2.05) is 0 Å². The van der Waals surface area contributed by atoms with Crippen molar-refractivity contribution in [2.45, 2.75) is 71.6 Å². The molecule has 2 nitrogen and oxygen atoms in total. The molecule has 3 atom stereocenters. The van der Waals surface area contributed by atoms with Gasteiger partial charge in [-0.2, -0.15) is 0 Å². The Morgan fingerprint density at radius 3 is 2.36 bits per heavy atom. The van der Waals surface area contributed by atoms with E-state index in [9.17, 15) is 0 Å². The lowest BCUT2D eigenvalue weighted by Gasteiger charge is -2.40. The Bertz CT molecular complexity index is 189. The fourth-order valence-corrected chi connectivity index (χ4v) is 2.84. The van der Waals surface area contributed by atoms with Gasteiger partial charge in [0.25, 0.3) is 0 Å². The molecule has 1 rings (SSSR count). The van der Waals surface area contributed by atoms with Gasteiger partial charge in [-0.1, -0.05) is 6.92 Å². The average molecular weight is 198 g/mol. The van der Waals surface area contributed by atoms with Crippen molar-refractivity contribution in [1.29, 1.82) is 0 Å². The van der Waals surface area contributed by atoms with Crippen LogP contribution < -0.4 is 5.32 Å². The summed E-state index contributed by atoms with van der Waals surface area (Å²) in [5, 5.41) is 3.72. The summed E-state index contributed by atoms with van der Waals surface area (Å²) < 4.78 is 0. The number of rotatable bonds is 1. The molecule has 0 amide bonds. The summed E-state index contributed by atoms with van der Waals surface area (Å²) in [7, 11) is 0. The van der Waals surface area contributed by atoms with Crippen LogP contribution in [-0.2, 0) is 0 Å². The van der Waals surface area contributed by atoms with Crippen LogP contribution in [0, 0.1) is 0 Å². The van der Waals surface area contributed by atoms with Crippen LogP contribution in [0.5, 0.6) is 0 Å². The number of nitrogens with one attached hydrogen (secondary N) is 1. The predicted octanol–water partition coefficient (Wildman–Crippen LogP) is 2.25. The van der Waals surface area contributed by atoms with E-state index < -0.39 is 0 Å². The minimum Gasteiger partial charge on any atom is -0.308 e. The molecule has 0 spiro atoms. The lowest BCUT2D eigenvalue weighted by atomic mass is 9.94. The molecule has 84 valence electrons. The van der Waals surface area contributed by atoms with Crippen molar-refractivity contribution in [1.82, 2.24) is 10.2 Å². The van der Waals surface area contributed by atoms with Crippen LogP contribution in [-0.4, -0.2) is 35.1 Å². The van der Waals surface area contributed by atoms with Gasteiger partial charge in [0.15, 0.2) is 0 Å². The third-order valence-corrected chi connectivity index (χ3v) is 3.79. The third-order valence-electron chi connectivity index (χ3n) is 3.79. The van der Waals surface area contributed by atoms with Crippen LogP contribution >= 0.6 is 0 Å². The summed E-state index contributed by atoms with van der Waals surface area (Å²) in [6.07, 6.45) is 1.25. The maximum absolute atomic E-state index is 3.72. The number of hydrogen-bond acceptors (Lipinski definition) is 2. The molecule has 1 saturated heterocycles. The minimum absolute atomic E-state index is 0.222. The van der Waals surface area contributed by atoms with Crippen molar-refractivity contribution < 1.29 is 0 Å². The molecular formula is C12H26N2. The first-order valence-corrected chi connectivity index (χ1v) is 5.92. The molecule has 0 aromatic carbocycles. The van der Waals surface area contributed by atoms with Crippen LogP contribution in [0.1, 0.15) is 48.0 Å². The molecule has 14 heavy (non-hydrogen) atoms. The standard InChI is InChI=1S/C12H26N2/c1-7-14-10(3)8-9(2)13-12(5,6)11(14)4/h9-11,13H,7-8H2,1-6H3. The molecule has 0 aromatic rings. The van der Waals surface area contributed by atoms with Crippen LogP contribution in [0.25, 0.3) is 0 Å². The van der Waals surface area contributed by atoms with Gasteiger partial charge in [0.2, 0.25) is 0 Å². The molecule has 0 bridgehead atoms. The Kier molecular flexibility index (Phi) is 3.59. The molecule has 1 heterocycles. The van der Waals surface area contributed by atoms with Gasteiger partial charge in [-0.25, -0.2) is 0 Å². The lowest BCUT2D eigenvalue weighted by molar-refractivity contribution is 0.119. The van der Waals surface area contributed by atoms with Gasteiger partial charge in [0, 0.05) is 23.7 Å². The van der Waals surface area contributed by atoms with Crippen molar-refractivity contribution in [3.8, 4) is 0 Å². The van der Waals surface area contributed by atoms with Crippen LogP contribution in [0.4, 0.5) is 0 Å². The Hall–Kier alpha value is -0.0800. The molecular weight excluding hydrogens is 172 g/mol. The third kappa shape index (κ3) is 2.29. The molecule has 2 heteroatoms. The van der Waals surface area contributed by atoms with Crippen LogP contribution in [0.15, 0.2) is 0 Å². The Morgan fingerprint density at radius 2 is 1.86 bits per heavy atom. The molecule has 1 aliphatic rings. The molecule has 1 fully saturated rings. The van der Waals surface area contributed by atoms with E-state index in [1.165, 1.54) is 6.42 Å². The quantitative estimate of drug-likeness (QED) is 0.695. The number of nitrogens with zero attached hydrogens (tertiary/aromatic N) is 1. The van der Waals surface area contributed by atoms with Crippen LogP contribution in [0.2, 0.25) is 0 Å². The fraction of sp³-hybridized carbons (Fsp3) is 1.00. The minimum atomic E-state index is 0.222. The summed E-state index contributed by atoms with van der Waals surface area (Å²) in [5.74, 6) is 0. The van der Waals surface area contributed by atoms with E-state index >= 15 is 0 Å². The smallest absolute Gasteiger partial charge is 0.0280 e. The van der Waals surface area contributed by atoms with Crippen molar-refractivity contribution in [3.63, 3.8) is 0 Å². The molecule has 1 N–H and O–H groups in total. The van der Waals surface area contributed by atoms with Crippen molar-refractivity contribution in [3.05, 3.63) is 0 Å². The molecule has 1 aliphatic heterocycles. The molecule has 3 unspecified atom stereocenters. The second kappa shape index (κ2) is 4.19. The average Bonchev–Trinajstić information content (AvgIpc) is 2.08. The molecule has 0 saturated carbocycles. The summed E-state index contributed by atoms with van der Waals surface area (Å²) in [4.78, 5) is 2.61. The summed E-state index contributed by atoms with van der Waals surface area (Å²) in [5.41, 5.74) is 0.222. The van der Waals surface area contributed by atoms with Gasteiger partial charge in [0.05, 0.1) is 0 Å². The zero-order valence-corrected chi connectivity index (χ0v) is 10.6. The molecule has 0 aliphatic carbocycles. The zero-order valence-electron chi connectivity index (χ0n) is 10.6. The van der Waals surface area contributed by atoms with Crippen molar-refractivity contribution in [2.24, 2.45) is 0 Å². The van der Waals surface area contributed by atoms with Gasteiger partial charge >= 0.3 is 0 Å². The van der Waals surface area contributed by atoms with E-state index in [2.05, 4.69) is 51.8 Å². The highest BCUT2D eigenvalue weighted by Gasteiger charge is 2.36. The predicted molar refractivity (Wildman–Crippen MR) is 62.6 cm³/mol. The first kappa shape index (κ1) is 12.0. The van der Waals surface area contributed by atoms with Crippen molar-refractivity contribution in [2.75, 3.05) is 6.54 Å². The SMILES string of the molecule is CCN1C(C)CC(C)NC(C)(C)C1C. The van der Waals surface area contributed by atoms with E-state index in [1.54, 1.807) is 0 Å². The maximum atomic E-state index is 3.72. The fourth-order valence-electron chi connectivity index (χ4n) is 2.84. The van der Waals surface area contributed by atoms with Gasteiger partial charge in [0.1, 0.15) is 0 Å². The van der Waals surface area contributed by atoms with E-state index in [0.29, 0.717) is 18.1 Å². The van der Waals surface area contributed by atoms with Gasteiger partial charge in [-0.3, -0.25) is 4.90 Å². The first-order valence-electron chi connectivity index (χ1n) is 5.92. The first-order chi connectivity index (χ1) is 6.38. The highest BCUT2D eigenvalue weighted by molar-refractivity contribution is 4.96. The zero-order chi connectivity index (χ0) is 10.9. The van der Waals surface area contributed by atoms with Crippen molar-refractivity contribution >= 4 is 0 Å². The Balaban J connectivity index is 2.86. The Labute approximate surface area is 89.1 Å². The summed E-state index contributed by atoms with van der Waals surface area (Å²) in [6.45, 7) is 15.0. The second-order valence-corrected chi connectivity index (χ2v) is 5.36. The van der Waals surface area contributed by atoms with Gasteiger partial charge in [-0.05, 0) is 47.6 Å². The Morgan fingerprint density at radius 1 is 1.29 bits per heavy atom. The monoisotopic (exact) mass is 198 g/mol. The number of hydrogen-bond donors (Lipinski definition) is 1. The largest absolute Gasteiger partial charge is 0.308 e. The second-order valence-electron chi connectivity index (χ2n) is 5.36. The maximum Gasteiger partial charge on any atom is 0.0280 e. The van der Waals surface area contributed by atoms with E-state index in [0.717, 1.165) is 6.54 Å². The van der Waals surface area contributed by atoms with E-state index in [-0.39, 0.29) is 5.54 Å². The van der Waals surface area contributed by atoms with Gasteiger partial charge < -0.3 is 5.32 Å². The normalized spacial score (nSPS) is 39.4. The molecule has 0 radical (unpaired) electrons. The van der Waals surface area contributed by atoms with Gasteiger partial charge in [-0.15, -0.1) is 0 Å². The van der Waals surface area contributed by atoms with Crippen LogP contribution in [0.3, 0.4) is 0 Å². The molecule has 0 aromatic heterocycles. The topological polar surface area (TPSA) is 15.3 Å². The highest BCUT2D eigenvalue weighted by Crippen LogP contribution is 2.24. The van der Waals surface area contributed by atoms with E-state index in [4.69, 9.17) is 0 Å². The number of likely N-dealkylation sites (N-methyl/N-ethyl adjacent to an activating group) is 1. The lowest BCUT2D eigenvalue weighted by Crippen LogP contribution is -2.55.